The summed E-state index contributed by atoms with van der Waals surface area (Å²) in [5.74, 6) is 2.50. The third-order valence-electron chi connectivity index (χ3n) is 8.52. The minimum atomic E-state index is 0.451. The van der Waals surface area contributed by atoms with Gasteiger partial charge in [-0.2, -0.15) is 0 Å². The average Bonchev–Trinajstić information content (AvgIpc) is 3.20. The molecule has 3 aliphatic rings. The van der Waals surface area contributed by atoms with Crippen molar-refractivity contribution in [3.05, 3.63) is 47.8 Å². The summed E-state index contributed by atoms with van der Waals surface area (Å²) >= 11 is 0. The van der Waals surface area contributed by atoms with Crippen LogP contribution in [0.3, 0.4) is 0 Å². The molecule has 3 fully saturated rings. The predicted molar refractivity (Wildman–Crippen MR) is 143 cm³/mol. The Kier molecular flexibility index (Phi) is 7.51. The monoisotopic (exact) mass is 475 g/mol. The number of piperidine rings is 2. The van der Waals surface area contributed by atoms with Gasteiger partial charge in [-0.25, -0.2) is 4.98 Å². The Morgan fingerprint density at radius 3 is 2.20 bits per heavy atom. The zero-order valence-electron chi connectivity index (χ0n) is 21.3. The molecule has 3 aliphatic heterocycles. The number of likely N-dealkylation sites (tertiary alicyclic amines) is 2. The molecule has 3 saturated heterocycles. The van der Waals surface area contributed by atoms with E-state index in [0.717, 1.165) is 49.9 Å². The maximum atomic E-state index is 9.00. The van der Waals surface area contributed by atoms with Gasteiger partial charge in [-0.3, -0.25) is 15.3 Å². The van der Waals surface area contributed by atoms with Crippen molar-refractivity contribution >= 4 is 17.5 Å². The fourth-order valence-electron chi connectivity index (χ4n) is 6.11. The summed E-state index contributed by atoms with van der Waals surface area (Å²) in [5, 5.41) is 12.3. The number of nitrogens with one attached hydrogen (secondary N) is 2. The van der Waals surface area contributed by atoms with E-state index < -0.39 is 0 Å². The van der Waals surface area contributed by atoms with Crippen molar-refractivity contribution < 1.29 is 0 Å². The van der Waals surface area contributed by atoms with Crippen LogP contribution in [0.15, 0.2) is 36.7 Å². The molecule has 0 aromatic carbocycles. The largest absolute Gasteiger partial charge is 0.372 e. The third kappa shape index (κ3) is 5.61. The minimum Gasteiger partial charge on any atom is -0.372 e. The second kappa shape index (κ2) is 10.9. The van der Waals surface area contributed by atoms with Crippen LogP contribution in [0, 0.1) is 10.8 Å². The first-order valence-electron chi connectivity index (χ1n) is 13.5. The van der Waals surface area contributed by atoms with E-state index in [1.165, 1.54) is 70.0 Å². The molecule has 7 heteroatoms. The molecule has 0 amide bonds. The Labute approximate surface area is 210 Å². The number of pyridine rings is 2. The number of anilines is 2. The highest BCUT2D eigenvalue weighted by Crippen LogP contribution is 2.42. The molecule has 0 unspecified atom stereocenters. The summed E-state index contributed by atoms with van der Waals surface area (Å²) in [4.78, 5) is 16.4. The van der Waals surface area contributed by atoms with Gasteiger partial charge in [0.25, 0.3) is 0 Å². The molecule has 1 spiro atoms. The lowest BCUT2D eigenvalue weighted by atomic mass is 9.71. The highest BCUT2D eigenvalue weighted by atomic mass is 15.2. The number of aromatic nitrogens is 2. The Morgan fingerprint density at radius 2 is 1.54 bits per heavy atom. The Hall–Kier alpha value is -2.67. The number of hydrogen-bond acceptors (Lipinski definition) is 6. The quantitative estimate of drug-likeness (QED) is 0.486. The molecule has 188 valence electrons. The van der Waals surface area contributed by atoms with Gasteiger partial charge in [-0.05, 0) is 86.9 Å². The summed E-state index contributed by atoms with van der Waals surface area (Å²) in [5.41, 5.74) is 2.73. The van der Waals surface area contributed by atoms with E-state index in [0.29, 0.717) is 11.3 Å². The highest BCUT2D eigenvalue weighted by Gasteiger charge is 2.38. The smallest absolute Gasteiger partial charge is 0.139 e. The number of rotatable bonds is 5. The Balaban J connectivity index is 1.17. The van der Waals surface area contributed by atoms with E-state index in [-0.39, 0.29) is 0 Å². The molecule has 0 aliphatic carbocycles. The van der Waals surface area contributed by atoms with Crippen LogP contribution in [0.2, 0.25) is 0 Å². The minimum absolute atomic E-state index is 0.451. The Morgan fingerprint density at radius 1 is 0.886 bits per heavy atom. The zero-order valence-corrected chi connectivity index (χ0v) is 21.3. The Bertz CT molecular complexity index is 966. The van der Waals surface area contributed by atoms with Crippen LogP contribution in [0.1, 0.15) is 62.5 Å². The molecule has 5 heterocycles. The van der Waals surface area contributed by atoms with Crippen LogP contribution in [-0.2, 0) is 6.54 Å². The summed E-state index contributed by atoms with van der Waals surface area (Å²) < 4.78 is 0. The SMILES string of the molecule is CNc1nc(N2CCCCCC2)ccc1C(=N)N1CCC2(CCN(Cc3ccncc3)CC2)CC1. The van der Waals surface area contributed by atoms with Gasteiger partial charge in [0, 0.05) is 52.2 Å². The lowest BCUT2D eigenvalue weighted by molar-refractivity contribution is 0.0501. The fourth-order valence-corrected chi connectivity index (χ4v) is 6.11. The summed E-state index contributed by atoms with van der Waals surface area (Å²) in [7, 11) is 1.93. The fraction of sp³-hybridized carbons (Fsp3) is 0.607. The topological polar surface area (TPSA) is 71.4 Å². The van der Waals surface area contributed by atoms with Crippen LogP contribution in [-0.4, -0.2) is 71.9 Å². The number of nitrogens with zero attached hydrogens (tertiary/aromatic N) is 5. The van der Waals surface area contributed by atoms with Gasteiger partial charge in [0.15, 0.2) is 0 Å². The van der Waals surface area contributed by atoms with Gasteiger partial charge in [0.2, 0.25) is 0 Å². The van der Waals surface area contributed by atoms with Crippen LogP contribution < -0.4 is 10.2 Å². The van der Waals surface area contributed by atoms with Crippen molar-refractivity contribution in [3.63, 3.8) is 0 Å². The van der Waals surface area contributed by atoms with E-state index in [1.54, 1.807) is 0 Å². The second-order valence-corrected chi connectivity index (χ2v) is 10.7. The maximum Gasteiger partial charge on any atom is 0.139 e. The van der Waals surface area contributed by atoms with Crippen molar-refractivity contribution in [3.8, 4) is 0 Å². The predicted octanol–water partition coefficient (Wildman–Crippen LogP) is 4.60. The van der Waals surface area contributed by atoms with E-state index in [1.807, 2.05) is 19.4 Å². The first-order chi connectivity index (χ1) is 17.2. The van der Waals surface area contributed by atoms with Gasteiger partial charge < -0.3 is 15.1 Å². The second-order valence-electron chi connectivity index (χ2n) is 10.7. The van der Waals surface area contributed by atoms with Gasteiger partial charge in [-0.15, -0.1) is 0 Å². The molecule has 2 aromatic rings. The first kappa shape index (κ1) is 24.0. The number of hydrogen-bond donors (Lipinski definition) is 2. The third-order valence-corrected chi connectivity index (χ3v) is 8.52. The molecular formula is C28H41N7. The van der Waals surface area contributed by atoms with Crippen LogP contribution in [0.5, 0.6) is 0 Å². The maximum absolute atomic E-state index is 9.00. The van der Waals surface area contributed by atoms with Crippen LogP contribution in [0.25, 0.3) is 0 Å². The lowest BCUT2D eigenvalue weighted by Crippen LogP contribution is -2.48. The normalized spacial score (nSPS) is 21.1. The molecule has 2 aromatic heterocycles. The lowest BCUT2D eigenvalue weighted by Gasteiger charge is -2.47. The number of amidine groups is 1. The molecule has 5 rings (SSSR count). The molecule has 35 heavy (non-hydrogen) atoms. The first-order valence-corrected chi connectivity index (χ1v) is 13.5. The molecule has 0 saturated carbocycles. The van der Waals surface area contributed by atoms with Crippen molar-refractivity contribution in [2.45, 2.75) is 57.9 Å². The van der Waals surface area contributed by atoms with E-state index in [4.69, 9.17) is 10.4 Å². The molecule has 0 bridgehead atoms. The van der Waals surface area contributed by atoms with Crippen molar-refractivity contribution in [1.82, 2.24) is 19.8 Å². The molecular weight excluding hydrogens is 434 g/mol. The van der Waals surface area contributed by atoms with Crippen molar-refractivity contribution in [2.75, 3.05) is 56.5 Å². The van der Waals surface area contributed by atoms with E-state index in [2.05, 4.69) is 49.3 Å². The average molecular weight is 476 g/mol. The van der Waals surface area contributed by atoms with Crippen molar-refractivity contribution in [2.24, 2.45) is 5.41 Å². The van der Waals surface area contributed by atoms with Gasteiger partial charge >= 0.3 is 0 Å². The summed E-state index contributed by atoms with van der Waals surface area (Å²) in [6.45, 7) is 7.49. The van der Waals surface area contributed by atoms with E-state index >= 15 is 0 Å². The van der Waals surface area contributed by atoms with Gasteiger partial charge in [-0.1, -0.05) is 12.8 Å². The zero-order chi connectivity index (χ0) is 24.1. The van der Waals surface area contributed by atoms with E-state index in [9.17, 15) is 0 Å². The molecule has 0 radical (unpaired) electrons. The summed E-state index contributed by atoms with van der Waals surface area (Å²) in [6, 6.07) is 8.50. The van der Waals surface area contributed by atoms with Crippen molar-refractivity contribution in [1.29, 1.82) is 5.41 Å². The van der Waals surface area contributed by atoms with Crippen LogP contribution in [0.4, 0.5) is 11.6 Å². The van der Waals surface area contributed by atoms with Gasteiger partial charge in [0.05, 0.1) is 5.56 Å². The van der Waals surface area contributed by atoms with Gasteiger partial charge in [0.1, 0.15) is 17.5 Å². The summed E-state index contributed by atoms with van der Waals surface area (Å²) in [6.07, 6.45) is 13.8. The standard InChI is InChI=1S/C28H41N7/c1-30-27-24(6-7-25(32-27)34-16-4-2-3-5-17-34)26(29)35-20-12-28(13-21-35)10-18-33(19-11-28)22-23-8-14-31-15-9-23/h6-9,14-15,29H,2-5,10-13,16-22H2,1H3,(H,30,32). The van der Waals surface area contributed by atoms with Crippen LogP contribution >= 0.6 is 0 Å². The molecule has 7 nitrogen and oxygen atoms in total. The molecule has 2 N–H and O–H groups in total. The highest BCUT2D eigenvalue weighted by molar-refractivity contribution is 6.01. The molecule has 0 atom stereocenters.